The maximum atomic E-state index is 12.4. The highest BCUT2D eigenvalue weighted by atomic mass is 19.4. The topological polar surface area (TPSA) is 63.6 Å². The average molecular weight is 410 g/mol. The Hall–Kier alpha value is -2.58. The fourth-order valence-electron chi connectivity index (χ4n) is 2.81. The lowest BCUT2D eigenvalue weighted by Gasteiger charge is -2.19. The number of hydrogen-bond donors (Lipinski definition) is 2. The van der Waals surface area contributed by atoms with E-state index in [0.29, 0.717) is 23.4 Å². The molecule has 0 radical (unpaired) electrons. The molecule has 8 heteroatoms. The number of nitrogens with zero attached hydrogens (tertiary/aromatic N) is 1. The van der Waals surface area contributed by atoms with E-state index in [2.05, 4.69) is 15.0 Å². The molecule has 0 aliphatic rings. The molecule has 0 saturated carbocycles. The van der Waals surface area contributed by atoms with Gasteiger partial charge in [-0.15, -0.1) is 13.2 Å². The largest absolute Gasteiger partial charge is 0.574 e. The van der Waals surface area contributed by atoms with Gasteiger partial charge in [0.05, 0.1) is 12.9 Å². The molecular formula is C21H25F3N2O3. The van der Waals surface area contributed by atoms with Gasteiger partial charge in [-0.05, 0) is 61.7 Å². The van der Waals surface area contributed by atoms with Gasteiger partial charge in [0.2, 0.25) is 5.88 Å². The molecule has 1 aromatic carbocycles. The van der Waals surface area contributed by atoms with Crippen LogP contribution in [-0.4, -0.2) is 23.5 Å². The first-order chi connectivity index (χ1) is 13.7. The summed E-state index contributed by atoms with van der Waals surface area (Å²) in [6, 6.07) is 4.55. The number of hydrogen-bond acceptors (Lipinski definition) is 5. The summed E-state index contributed by atoms with van der Waals surface area (Å²) >= 11 is 0. The number of aliphatic hydroxyl groups excluding tert-OH is 1. The van der Waals surface area contributed by atoms with Crippen molar-refractivity contribution in [2.45, 2.75) is 46.7 Å². The van der Waals surface area contributed by atoms with Crippen LogP contribution < -0.4 is 14.8 Å². The Morgan fingerprint density at radius 2 is 2.03 bits per heavy atom. The Bertz CT molecular complexity index is 863. The van der Waals surface area contributed by atoms with Crippen LogP contribution in [0.5, 0.6) is 11.6 Å². The molecule has 2 rings (SSSR count). The zero-order valence-corrected chi connectivity index (χ0v) is 16.9. The van der Waals surface area contributed by atoms with Crippen LogP contribution in [0, 0.1) is 6.92 Å². The fourth-order valence-corrected chi connectivity index (χ4v) is 2.81. The van der Waals surface area contributed by atoms with Crippen molar-refractivity contribution in [3.63, 3.8) is 0 Å². The second-order valence-corrected chi connectivity index (χ2v) is 6.57. The smallest absolute Gasteiger partial charge is 0.464 e. The lowest BCUT2D eigenvalue weighted by Crippen LogP contribution is -2.17. The highest BCUT2D eigenvalue weighted by Gasteiger charge is 2.31. The van der Waals surface area contributed by atoms with E-state index in [0.717, 1.165) is 28.7 Å². The molecule has 0 spiro atoms. The molecule has 1 aromatic heterocycles. The maximum Gasteiger partial charge on any atom is 0.574 e. The summed E-state index contributed by atoms with van der Waals surface area (Å²) in [7, 11) is 1.78. The van der Waals surface area contributed by atoms with Crippen LogP contribution in [0.3, 0.4) is 0 Å². The van der Waals surface area contributed by atoms with Gasteiger partial charge in [0.1, 0.15) is 5.75 Å². The summed E-state index contributed by atoms with van der Waals surface area (Å²) in [5.74, 6) is -0.00187. The molecule has 0 amide bonds. The van der Waals surface area contributed by atoms with Crippen molar-refractivity contribution in [3.8, 4) is 22.8 Å². The molecule has 2 aromatic rings. The molecule has 158 valence electrons. The molecule has 29 heavy (non-hydrogen) atoms. The first kappa shape index (κ1) is 22.7. The van der Waals surface area contributed by atoms with E-state index in [-0.39, 0.29) is 6.61 Å². The van der Waals surface area contributed by atoms with Gasteiger partial charge in [-0.3, -0.25) is 0 Å². The Morgan fingerprint density at radius 3 is 2.55 bits per heavy atom. The lowest BCUT2D eigenvalue weighted by molar-refractivity contribution is -0.276. The summed E-state index contributed by atoms with van der Waals surface area (Å²) < 4.78 is 46.8. The molecule has 0 atom stereocenters. The van der Waals surface area contributed by atoms with Gasteiger partial charge >= 0.3 is 6.36 Å². The lowest BCUT2D eigenvalue weighted by atomic mass is 9.94. The SMILES string of the molecule is CC/C(C)=C/Oc1c(C)c(-c2ccc(OC(F)(F)F)nc2)cc(CNC)c1CO. The number of pyridine rings is 1. The molecule has 0 bridgehead atoms. The van der Waals surface area contributed by atoms with Crippen molar-refractivity contribution in [1.29, 1.82) is 0 Å². The zero-order chi connectivity index (χ0) is 21.6. The van der Waals surface area contributed by atoms with Crippen LogP contribution in [0.2, 0.25) is 0 Å². The number of allylic oxidation sites excluding steroid dienone is 1. The van der Waals surface area contributed by atoms with Crippen molar-refractivity contribution in [2.75, 3.05) is 7.05 Å². The van der Waals surface area contributed by atoms with Crippen molar-refractivity contribution >= 4 is 0 Å². The summed E-state index contributed by atoms with van der Waals surface area (Å²) in [6.07, 6.45) is -1.01. The van der Waals surface area contributed by atoms with E-state index < -0.39 is 12.2 Å². The Labute approximate surface area is 168 Å². The minimum atomic E-state index is -4.79. The van der Waals surface area contributed by atoms with Crippen LogP contribution in [-0.2, 0) is 13.2 Å². The van der Waals surface area contributed by atoms with Gasteiger partial charge in [-0.25, -0.2) is 4.98 Å². The van der Waals surface area contributed by atoms with E-state index in [9.17, 15) is 18.3 Å². The van der Waals surface area contributed by atoms with Crippen LogP contribution >= 0.6 is 0 Å². The van der Waals surface area contributed by atoms with E-state index in [1.165, 1.54) is 18.3 Å². The molecule has 0 unspecified atom stereocenters. The van der Waals surface area contributed by atoms with Gasteiger partial charge < -0.3 is 19.9 Å². The second-order valence-electron chi connectivity index (χ2n) is 6.57. The molecule has 0 aliphatic carbocycles. The number of ether oxygens (including phenoxy) is 2. The van der Waals surface area contributed by atoms with Crippen molar-refractivity contribution < 1.29 is 27.8 Å². The number of aromatic nitrogens is 1. The number of aliphatic hydroxyl groups is 1. The Morgan fingerprint density at radius 1 is 1.31 bits per heavy atom. The third-order valence-electron chi connectivity index (χ3n) is 4.45. The molecule has 0 saturated heterocycles. The number of rotatable bonds is 8. The van der Waals surface area contributed by atoms with Gasteiger partial charge in [-0.1, -0.05) is 6.92 Å². The van der Waals surface area contributed by atoms with Crippen molar-refractivity contribution in [3.05, 3.63) is 52.9 Å². The molecule has 1 heterocycles. The third-order valence-corrected chi connectivity index (χ3v) is 4.45. The molecule has 0 fully saturated rings. The predicted molar refractivity (Wildman–Crippen MR) is 104 cm³/mol. The van der Waals surface area contributed by atoms with Gasteiger partial charge in [0.25, 0.3) is 0 Å². The van der Waals surface area contributed by atoms with Gasteiger partial charge in [-0.2, -0.15) is 0 Å². The monoisotopic (exact) mass is 410 g/mol. The molecule has 5 nitrogen and oxygen atoms in total. The van der Waals surface area contributed by atoms with Crippen molar-refractivity contribution in [1.82, 2.24) is 10.3 Å². The number of benzene rings is 1. The molecule has 2 N–H and O–H groups in total. The van der Waals surface area contributed by atoms with E-state index >= 15 is 0 Å². The highest BCUT2D eigenvalue weighted by Crippen LogP contribution is 2.37. The predicted octanol–water partition coefficient (Wildman–Crippen LogP) is 4.86. The van der Waals surface area contributed by atoms with Crippen LogP contribution in [0.25, 0.3) is 11.1 Å². The van der Waals surface area contributed by atoms with E-state index in [4.69, 9.17) is 4.74 Å². The first-order valence-corrected chi connectivity index (χ1v) is 9.15. The zero-order valence-electron chi connectivity index (χ0n) is 16.9. The number of alkyl halides is 3. The number of nitrogens with one attached hydrogen (secondary N) is 1. The second kappa shape index (κ2) is 9.76. The number of halogens is 3. The van der Waals surface area contributed by atoms with Crippen molar-refractivity contribution in [2.24, 2.45) is 0 Å². The standard InChI is InChI=1S/C21H25F3N2O3/c1-5-13(2)12-28-20-14(3)17(8-16(9-25-4)18(20)11-27)15-6-7-19(26-10-15)29-21(22,23)24/h6-8,10,12,25,27H,5,9,11H2,1-4H3/b13-12+. The summed E-state index contributed by atoms with van der Waals surface area (Å²) in [6.45, 7) is 6.06. The Kier molecular flexibility index (Phi) is 7.64. The van der Waals surface area contributed by atoms with Gasteiger partial charge in [0, 0.05) is 29.9 Å². The summed E-state index contributed by atoms with van der Waals surface area (Å²) in [5.41, 5.74) is 4.62. The third kappa shape index (κ3) is 5.95. The highest BCUT2D eigenvalue weighted by molar-refractivity contribution is 5.72. The summed E-state index contributed by atoms with van der Waals surface area (Å²) in [4.78, 5) is 3.76. The van der Waals surface area contributed by atoms with E-state index in [1.807, 2.05) is 26.8 Å². The fraction of sp³-hybridized carbons (Fsp3) is 0.381. The molecular weight excluding hydrogens is 385 g/mol. The van der Waals surface area contributed by atoms with Crippen LogP contribution in [0.1, 0.15) is 37.0 Å². The first-order valence-electron chi connectivity index (χ1n) is 9.15. The van der Waals surface area contributed by atoms with E-state index in [1.54, 1.807) is 13.3 Å². The maximum absolute atomic E-state index is 12.4. The Balaban J connectivity index is 2.54. The van der Waals surface area contributed by atoms with Crippen LogP contribution in [0.15, 0.2) is 36.2 Å². The van der Waals surface area contributed by atoms with Crippen LogP contribution in [0.4, 0.5) is 13.2 Å². The quantitative estimate of drug-likeness (QED) is 0.609. The van der Waals surface area contributed by atoms with Gasteiger partial charge in [0.15, 0.2) is 0 Å². The minimum Gasteiger partial charge on any atom is -0.464 e. The normalized spacial score (nSPS) is 12.2. The average Bonchev–Trinajstić information content (AvgIpc) is 2.67. The minimum absolute atomic E-state index is 0.205. The summed E-state index contributed by atoms with van der Waals surface area (Å²) in [5, 5.41) is 13.0. The molecule has 0 aliphatic heterocycles.